The first kappa shape index (κ1) is 24.3. The molecule has 0 N–H and O–H groups in total. The third-order valence-electron chi connectivity index (χ3n) is 4.89. The highest BCUT2D eigenvalue weighted by atomic mass is 35.5. The van der Waals surface area contributed by atoms with E-state index in [0.717, 1.165) is 23.2 Å². The molecule has 0 saturated heterocycles. The van der Waals surface area contributed by atoms with Gasteiger partial charge in [0.15, 0.2) is 9.84 Å². The first-order valence-corrected chi connectivity index (χ1v) is 12.9. The fourth-order valence-corrected chi connectivity index (χ4v) is 5.90. The van der Waals surface area contributed by atoms with E-state index in [1.165, 1.54) is 29.7 Å². The van der Waals surface area contributed by atoms with Crippen LogP contribution in [0.1, 0.15) is 30.3 Å². The van der Waals surface area contributed by atoms with Gasteiger partial charge in [-0.1, -0.05) is 13.8 Å². The van der Waals surface area contributed by atoms with Gasteiger partial charge in [-0.3, -0.25) is 0 Å². The van der Waals surface area contributed by atoms with Crippen molar-refractivity contribution >= 4 is 32.8 Å². The van der Waals surface area contributed by atoms with Crippen molar-refractivity contribution in [2.75, 3.05) is 0 Å². The molecule has 0 radical (unpaired) electrons. The van der Waals surface area contributed by atoms with E-state index in [4.69, 9.17) is 11.6 Å². The summed E-state index contributed by atoms with van der Waals surface area (Å²) in [5.41, 5.74) is 1.23. The van der Waals surface area contributed by atoms with Crippen LogP contribution in [0.25, 0.3) is 21.8 Å². The van der Waals surface area contributed by atoms with Crippen LogP contribution in [0.2, 0.25) is 5.28 Å². The summed E-state index contributed by atoms with van der Waals surface area (Å²) in [7, 11) is -4.37. The number of aromatic nitrogens is 3. The second kappa shape index (κ2) is 9.44. The van der Waals surface area contributed by atoms with Crippen LogP contribution in [-0.2, 0) is 15.6 Å². The normalized spacial score (nSPS) is 11.9. The molecule has 34 heavy (non-hydrogen) atoms. The molecule has 4 rings (SSSR count). The average Bonchev–Trinajstić information content (AvgIpc) is 3.23. The van der Waals surface area contributed by atoms with E-state index in [1.807, 2.05) is 13.8 Å². The Morgan fingerprint density at radius 1 is 1.00 bits per heavy atom. The Balaban J connectivity index is 1.81. The van der Waals surface area contributed by atoms with E-state index in [1.54, 1.807) is 6.07 Å². The first-order valence-electron chi connectivity index (χ1n) is 10.0. The van der Waals surface area contributed by atoms with Gasteiger partial charge in [-0.25, -0.2) is 36.5 Å². The summed E-state index contributed by atoms with van der Waals surface area (Å²) in [6.45, 7) is 3.94. The number of sulfone groups is 1. The number of nitrogens with zero attached hydrogens (tertiary/aromatic N) is 3. The van der Waals surface area contributed by atoms with Gasteiger partial charge in [-0.15, -0.1) is 11.3 Å². The summed E-state index contributed by atoms with van der Waals surface area (Å²) < 4.78 is 67.8. The number of thiazole rings is 1. The van der Waals surface area contributed by atoms with Crippen LogP contribution < -0.4 is 0 Å². The molecule has 0 aliphatic rings. The Labute approximate surface area is 203 Å². The Morgan fingerprint density at radius 2 is 1.74 bits per heavy atom. The highest BCUT2D eigenvalue weighted by Gasteiger charge is 2.24. The summed E-state index contributed by atoms with van der Waals surface area (Å²) in [5, 5.41) is 0.839. The molecule has 2 heterocycles. The van der Waals surface area contributed by atoms with Crippen LogP contribution in [0.3, 0.4) is 0 Å². The topological polar surface area (TPSA) is 72.8 Å². The lowest BCUT2D eigenvalue weighted by Crippen LogP contribution is -2.09. The molecule has 0 atom stereocenters. The van der Waals surface area contributed by atoms with Crippen molar-refractivity contribution in [1.82, 2.24) is 15.0 Å². The fraction of sp³-hybridized carbons (Fsp3) is 0.174. The molecule has 4 aromatic rings. The average molecular weight is 524 g/mol. The largest absolute Gasteiger partial charge is 0.240 e. The minimum Gasteiger partial charge on any atom is -0.240 e. The Morgan fingerprint density at radius 3 is 2.44 bits per heavy atom. The molecular weight excluding hydrogens is 507 g/mol. The molecule has 0 bridgehead atoms. The van der Waals surface area contributed by atoms with Crippen molar-refractivity contribution in [3.05, 3.63) is 82.0 Å². The lowest BCUT2D eigenvalue weighted by atomic mass is 10.1. The van der Waals surface area contributed by atoms with Gasteiger partial charge in [0.05, 0.1) is 27.0 Å². The molecule has 0 aliphatic carbocycles. The van der Waals surface area contributed by atoms with Crippen molar-refractivity contribution in [2.45, 2.75) is 30.4 Å². The highest BCUT2D eigenvalue weighted by molar-refractivity contribution is 7.90. The smallest absolute Gasteiger partial charge is 0.222 e. The summed E-state index contributed by atoms with van der Waals surface area (Å²) in [6.07, 6.45) is 1.50. The number of benzene rings is 2. The Bertz CT molecular complexity index is 1490. The predicted octanol–water partition coefficient (Wildman–Crippen LogP) is 6.44. The molecule has 2 aromatic heterocycles. The molecule has 0 saturated carbocycles. The van der Waals surface area contributed by atoms with Crippen LogP contribution in [0.5, 0.6) is 0 Å². The lowest BCUT2D eigenvalue weighted by molar-refractivity contribution is 0.551. The van der Waals surface area contributed by atoms with Gasteiger partial charge < -0.3 is 0 Å². The molecule has 0 aliphatic heterocycles. The number of rotatable bonds is 6. The number of hydrogen-bond donors (Lipinski definition) is 0. The third kappa shape index (κ3) is 4.98. The van der Waals surface area contributed by atoms with E-state index in [2.05, 4.69) is 15.0 Å². The van der Waals surface area contributed by atoms with Gasteiger partial charge >= 0.3 is 0 Å². The summed E-state index contributed by atoms with van der Waals surface area (Å²) >= 11 is 7.34. The van der Waals surface area contributed by atoms with Gasteiger partial charge in [0.1, 0.15) is 22.3 Å². The molecule has 176 valence electrons. The predicted molar refractivity (Wildman–Crippen MR) is 125 cm³/mol. The maximum atomic E-state index is 14.6. The van der Waals surface area contributed by atoms with Gasteiger partial charge in [0, 0.05) is 23.2 Å². The quantitative estimate of drug-likeness (QED) is 0.272. The van der Waals surface area contributed by atoms with Gasteiger partial charge in [-0.2, -0.15) is 0 Å². The van der Waals surface area contributed by atoms with E-state index >= 15 is 0 Å². The summed E-state index contributed by atoms with van der Waals surface area (Å²) in [5.74, 6) is -3.59. The molecule has 0 spiro atoms. The van der Waals surface area contributed by atoms with Crippen LogP contribution in [0.4, 0.5) is 13.2 Å². The molecule has 0 unspecified atom stereocenters. The molecule has 0 fully saturated rings. The Hall–Kier alpha value is -2.82. The maximum Gasteiger partial charge on any atom is 0.222 e. The van der Waals surface area contributed by atoms with E-state index in [9.17, 15) is 21.6 Å². The van der Waals surface area contributed by atoms with Gasteiger partial charge in [-0.05, 0) is 54.1 Å². The van der Waals surface area contributed by atoms with Crippen LogP contribution in [-0.4, -0.2) is 23.4 Å². The second-order valence-electron chi connectivity index (χ2n) is 7.74. The zero-order chi connectivity index (χ0) is 24.6. The zero-order valence-electron chi connectivity index (χ0n) is 17.9. The van der Waals surface area contributed by atoms with Crippen LogP contribution in [0, 0.1) is 17.5 Å². The summed E-state index contributed by atoms with van der Waals surface area (Å²) in [6, 6.07) is 7.71. The van der Waals surface area contributed by atoms with Crippen LogP contribution in [0.15, 0.2) is 53.6 Å². The van der Waals surface area contributed by atoms with E-state index < -0.39 is 37.9 Å². The van der Waals surface area contributed by atoms with E-state index in [0.29, 0.717) is 27.9 Å². The number of hydrogen-bond acceptors (Lipinski definition) is 6. The standard InChI is InChI=1S/C23H17ClF3N3O2S2/c1-12(2)22-30-20(21(33-22)18-7-8-28-23(24)29-18)13-3-5-16(26)14(9-13)11-34(31,32)19-10-15(25)4-6-17(19)27/h3-10,12H,11H2,1-2H3. The third-order valence-corrected chi connectivity index (χ3v) is 8.12. The monoisotopic (exact) mass is 523 g/mol. The lowest BCUT2D eigenvalue weighted by Gasteiger charge is -2.09. The fourth-order valence-electron chi connectivity index (χ4n) is 3.24. The van der Waals surface area contributed by atoms with Crippen molar-refractivity contribution in [1.29, 1.82) is 0 Å². The zero-order valence-corrected chi connectivity index (χ0v) is 20.3. The van der Waals surface area contributed by atoms with Crippen molar-refractivity contribution < 1.29 is 21.6 Å². The molecular formula is C23H17ClF3N3O2S2. The molecule has 0 amide bonds. The minimum absolute atomic E-state index is 0.0472. The van der Waals surface area contributed by atoms with Gasteiger partial charge in [0.2, 0.25) is 5.28 Å². The minimum atomic E-state index is -4.37. The molecule has 11 heteroatoms. The van der Waals surface area contributed by atoms with Crippen LogP contribution >= 0.6 is 22.9 Å². The maximum absolute atomic E-state index is 14.6. The van der Waals surface area contributed by atoms with E-state index in [-0.39, 0.29) is 16.8 Å². The van der Waals surface area contributed by atoms with Crippen molar-refractivity contribution in [3.63, 3.8) is 0 Å². The molecule has 2 aromatic carbocycles. The van der Waals surface area contributed by atoms with Crippen molar-refractivity contribution in [2.24, 2.45) is 0 Å². The molecule has 5 nitrogen and oxygen atoms in total. The number of halogens is 4. The summed E-state index contributed by atoms with van der Waals surface area (Å²) in [4.78, 5) is 12.6. The highest BCUT2D eigenvalue weighted by Crippen LogP contribution is 2.39. The van der Waals surface area contributed by atoms with Crippen molar-refractivity contribution in [3.8, 4) is 21.8 Å². The first-order chi connectivity index (χ1) is 16.0. The second-order valence-corrected chi connectivity index (χ2v) is 11.1. The van der Waals surface area contributed by atoms with Gasteiger partial charge in [0.25, 0.3) is 0 Å². The Kier molecular flexibility index (Phi) is 6.75. The SMILES string of the molecule is CC(C)c1nc(-c2ccc(F)c(CS(=O)(=O)c3cc(F)ccc3F)c2)c(-c2ccnc(Cl)n2)s1.